The van der Waals surface area contributed by atoms with Crippen molar-refractivity contribution >= 4 is 5.91 Å². The summed E-state index contributed by atoms with van der Waals surface area (Å²) in [5, 5.41) is 0. The van der Waals surface area contributed by atoms with E-state index in [9.17, 15) is 4.79 Å². The van der Waals surface area contributed by atoms with Crippen molar-refractivity contribution in [1.82, 2.24) is 4.90 Å². The van der Waals surface area contributed by atoms with Gasteiger partial charge in [0, 0.05) is 13.1 Å². The van der Waals surface area contributed by atoms with Gasteiger partial charge in [-0.15, -0.1) is 0 Å². The van der Waals surface area contributed by atoms with Crippen molar-refractivity contribution in [1.29, 1.82) is 0 Å². The molecule has 0 spiro atoms. The summed E-state index contributed by atoms with van der Waals surface area (Å²) < 4.78 is 0. The molecular weight excluding hydrogens is 222 g/mol. The number of rotatable bonds is 3. The van der Waals surface area contributed by atoms with Crippen LogP contribution in [-0.4, -0.2) is 23.9 Å². The molecule has 0 bridgehead atoms. The van der Waals surface area contributed by atoms with Gasteiger partial charge in [0.15, 0.2) is 0 Å². The average molecular weight is 243 g/mol. The molecule has 2 aliphatic rings. The van der Waals surface area contributed by atoms with Crippen LogP contribution in [0.2, 0.25) is 0 Å². The monoisotopic (exact) mass is 243 g/mol. The molecule has 0 aromatic heterocycles. The third-order valence-electron chi connectivity index (χ3n) is 4.54. The lowest BCUT2D eigenvalue weighted by Gasteiger charge is -2.43. The minimum Gasteiger partial charge on any atom is -0.342 e. The number of benzene rings is 1. The first-order chi connectivity index (χ1) is 8.80. The Balaban J connectivity index is 1.75. The summed E-state index contributed by atoms with van der Waals surface area (Å²) in [4.78, 5) is 14.8. The Bertz CT molecular complexity index is 416. The summed E-state index contributed by atoms with van der Waals surface area (Å²) in [5.74, 6) is 0.426. The van der Waals surface area contributed by atoms with Crippen LogP contribution in [0.5, 0.6) is 0 Å². The second-order valence-corrected chi connectivity index (χ2v) is 5.80. The van der Waals surface area contributed by atoms with Crippen molar-refractivity contribution in [3.05, 3.63) is 35.9 Å². The van der Waals surface area contributed by atoms with Crippen LogP contribution in [0.1, 0.15) is 37.7 Å². The summed E-state index contributed by atoms with van der Waals surface area (Å²) in [6.07, 6.45) is 6.68. The fourth-order valence-corrected chi connectivity index (χ4v) is 3.31. The minimum atomic E-state index is -0.0638. The number of likely N-dealkylation sites (tertiary alicyclic amines) is 1. The molecule has 0 unspecified atom stereocenters. The molecule has 2 heteroatoms. The Morgan fingerprint density at radius 2 is 1.72 bits per heavy atom. The smallest absolute Gasteiger partial charge is 0.229 e. The van der Waals surface area contributed by atoms with Crippen LogP contribution in [-0.2, 0) is 11.2 Å². The van der Waals surface area contributed by atoms with Gasteiger partial charge in [0.05, 0.1) is 5.41 Å². The van der Waals surface area contributed by atoms with E-state index in [1.54, 1.807) is 0 Å². The van der Waals surface area contributed by atoms with E-state index >= 15 is 0 Å². The van der Waals surface area contributed by atoms with E-state index < -0.39 is 0 Å². The maximum Gasteiger partial charge on any atom is 0.229 e. The predicted octanol–water partition coefficient (Wildman–Crippen LogP) is 3.02. The zero-order valence-corrected chi connectivity index (χ0v) is 10.9. The zero-order chi connectivity index (χ0) is 12.4. The maximum atomic E-state index is 12.7. The number of hydrogen-bond donors (Lipinski definition) is 0. The van der Waals surface area contributed by atoms with Gasteiger partial charge in [0.2, 0.25) is 5.91 Å². The number of carbonyl (C=O) groups excluding carboxylic acids is 1. The normalized spacial score (nSPS) is 21.7. The van der Waals surface area contributed by atoms with Crippen LogP contribution in [0.3, 0.4) is 0 Å². The number of hydrogen-bond acceptors (Lipinski definition) is 1. The molecule has 18 heavy (non-hydrogen) atoms. The molecule has 0 radical (unpaired) electrons. The van der Waals surface area contributed by atoms with E-state index in [1.165, 1.54) is 24.8 Å². The molecule has 2 fully saturated rings. The molecule has 1 heterocycles. The number of carbonyl (C=O) groups is 1. The van der Waals surface area contributed by atoms with Crippen LogP contribution in [0.25, 0.3) is 0 Å². The average Bonchev–Trinajstić information content (AvgIpc) is 2.88. The summed E-state index contributed by atoms with van der Waals surface area (Å²) in [5.41, 5.74) is 1.25. The van der Waals surface area contributed by atoms with Gasteiger partial charge >= 0.3 is 0 Å². The fourth-order valence-electron chi connectivity index (χ4n) is 3.31. The van der Waals surface area contributed by atoms with Gasteiger partial charge in [0.25, 0.3) is 0 Å². The molecule has 0 atom stereocenters. The van der Waals surface area contributed by atoms with Crippen molar-refractivity contribution in [3.8, 4) is 0 Å². The van der Waals surface area contributed by atoms with Gasteiger partial charge in [0.1, 0.15) is 0 Å². The Labute approximate surface area is 109 Å². The van der Waals surface area contributed by atoms with Crippen LogP contribution < -0.4 is 0 Å². The highest BCUT2D eigenvalue weighted by atomic mass is 16.2. The molecule has 1 aliphatic heterocycles. The van der Waals surface area contributed by atoms with Gasteiger partial charge < -0.3 is 4.90 Å². The van der Waals surface area contributed by atoms with Crippen LogP contribution in [0.4, 0.5) is 0 Å². The van der Waals surface area contributed by atoms with Crippen LogP contribution >= 0.6 is 0 Å². The second-order valence-electron chi connectivity index (χ2n) is 5.80. The first-order valence-electron chi connectivity index (χ1n) is 7.14. The summed E-state index contributed by atoms with van der Waals surface area (Å²) >= 11 is 0. The van der Waals surface area contributed by atoms with E-state index in [4.69, 9.17) is 0 Å². The largest absolute Gasteiger partial charge is 0.342 e. The lowest BCUT2D eigenvalue weighted by molar-refractivity contribution is -0.146. The van der Waals surface area contributed by atoms with E-state index in [2.05, 4.69) is 29.2 Å². The van der Waals surface area contributed by atoms with Crippen molar-refractivity contribution in [2.45, 2.75) is 38.5 Å². The molecule has 1 saturated heterocycles. The standard InChI is InChI=1S/C16H21NO/c18-15(17-11-4-5-12-17)16(9-6-10-16)13-14-7-2-1-3-8-14/h1-3,7-8H,4-6,9-13H2. The molecule has 1 aromatic rings. The van der Waals surface area contributed by atoms with Crippen LogP contribution in [0, 0.1) is 5.41 Å². The quantitative estimate of drug-likeness (QED) is 0.799. The van der Waals surface area contributed by atoms with E-state index in [0.29, 0.717) is 5.91 Å². The molecule has 0 N–H and O–H groups in total. The maximum absolute atomic E-state index is 12.7. The van der Waals surface area contributed by atoms with Gasteiger partial charge in [-0.25, -0.2) is 0 Å². The summed E-state index contributed by atoms with van der Waals surface area (Å²) in [7, 11) is 0. The molecule has 1 saturated carbocycles. The highest BCUT2D eigenvalue weighted by Crippen LogP contribution is 2.45. The number of nitrogens with zero attached hydrogens (tertiary/aromatic N) is 1. The summed E-state index contributed by atoms with van der Waals surface area (Å²) in [6.45, 7) is 1.96. The molecule has 2 nitrogen and oxygen atoms in total. The van der Waals surface area contributed by atoms with E-state index in [0.717, 1.165) is 32.4 Å². The van der Waals surface area contributed by atoms with Gasteiger partial charge in [-0.3, -0.25) is 4.79 Å². The number of amides is 1. The Morgan fingerprint density at radius 1 is 1.06 bits per heavy atom. The fraction of sp³-hybridized carbons (Fsp3) is 0.562. The molecule has 1 aromatic carbocycles. The van der Waals surface area contributed by atoms with Gasteiger partial charge in [-0.1, -0.05) is 36.8 Å². The third kappa shape index (κ3) is 2.05. The molecule has 1 amide bonds. The van der Waals surface area contributed by atoms with Crippen molar-refractivity contribution in [2.75, 3.05) is 13.1 Å². The lowest BCUT2D eigenvalue weighted by Crippen LogP contribution is -2.48. The second kappa shape index (κ2) is 4.75. The topological polar surface area (TPSA) is 20.3 Å². The van der Waals surface area contributed by atoms with Crippen molar-refractivity contribution < 1.29 is 4.79 Å². The first kappa shape index (κ1) is 11.8. The van der Waals surface area contributed by atoms with Crippen molar-refractivity contribution in [2.24, 2.45) is 5.41 Å². The SMILES string of the molecule is O=C(N1CCCC1)C1(Cc2ccccc2)CCC1. The Morgan fingerprint density at radius 3 is 2.28 bits per heavy atom. The molecule has 1 aliphatic carbocycles. The summed E-state index contributed by atoms with van der Waals surface area (Å²) in [6, 6.07) is 10.5. The minimum absolute atomic E-state index is 0.0638. The Kier molecular flexibility index (Phi) is 3.11. The third-order valence-corrected chi connectivity index (χ3v) is 4.54. The van der Waals surface area contributed by atoms with Crippen LogP contribution in [0.15, 0.2) is 30.3 Å². The Hall–Kier alpha value is -1.31. The molecule has 3 rings (SSSR count). The highest BCUT2D eigenvalue weighted by molar-refractivity contribution is 5.84. The molecular formula is C16H21NO. The predicted molar refractivity (Wildman–Crippen MR) is 72.2 cm³/mol. The first-order valence-corrected chi connectivity index (χ1v) is 7.14. The van der Waals surface area contributed by atoms with Crippen molar-refractivity contribution in [3.63, 3.8) is 0 Å². The zero-order valence-electron chi connectivity index (χ0n) is 10.9. The van der Waals surface area contributed by atoms with E-state index in [1.807, 2.05) is 6.07 Å². The highest BCUT2D eigenvalue weighted by Gasteiger charge is 2.46. The lowest BCUT2D eigenvalue weighted by atomic mass is 9.64. The van der Waals surface area contributed by atoms with Gasteiger partial charge in [-0.05, 0) is 37.7 Å². The molecule has 96 valence electrons. The van der Waals surface area contributed by atoms with E-state index in [-0.39, 0.29) is 5.41 Å². The van der Waals surface area contributed by atoms with Gasteiger partial charge in [-0.2, -0.15) is 0 Å².